The number of anilines is 1. The van der Waals surface area contributed by atoms with Crippen LogP contribution in [0.15, 0.2) is 18.2 Å². The van der Waals surface area contributed by atoms with Crippen molar-refractivity contribution < 1.29 is 14.3 Å². The fraction of sp³-hybridized carbons (Fsp3) is 0.429. The molecule has 104 valence electrons. The first-order valence-corrected chi connectivity index (χ1v) is 7.32. The van der Waals surface area contributed by atoms with E-state index in [0.717, 1.165) is 18.8 Å². The van der Waals surface area contributed by atoms with Crippen molar-refractivity contribution in [2.75, 3.05) is 23.3 Å². The van der Waals surface area contributed by atoms with Crippen LogP contribution >= 0.6 is 15.9 Å². The average Bonchev–Trinajstić information content (AvgIpc) is 2.39. The van der Waals surface area contributed by atoms with Crippen LogP contribution in [0.4, 0.5) is 5.69 Å². The lowest BCUT2D eigenvalue weighted by atomic mass is 10.1. The molecule has 5 heteroatoms. The van der Waals surface area contributed by atoms with Gasteiger partial charge in [-0.05, 0) is 26.0 Å². The van der Waals surface area contributed by atoms with Gasteiger partial charge >= 0.3 is 5.97 Å². The molecule has 0 heterocycles. The molecule has 0 aliphatic heterocycles. The van der Waals surface area contributed by atoms with Crippen molar-refractivity contribution in [3.8, 4) is 5.75 Å². The van der Waals surface area contributed by atoms with Gasteiger partial charge in [-0.2, -0.15) is 0 Å². The molecule has 0 aliphatic rings. The number of carbonyl (C=O) groups excluding carboxylic acids is 2. The van der Waals surface area contributed by atoms with E-state index in [4.69, 9.17) is 4.74 Å². The Bertz CT molecular complexity index is 470. The van der Waals surface area contributed by atoms with Crippen LogP contribution in [0.25, 0.3) is 0 Å². The highest BCUT2D eigenvalue weighted by Gasteiger charge is 2.15. The number of benzene rings is 1. The molecule has 1 aromatic carbocycles. The van der Waals surface area contributed by atoms with Crippen molar-refractivity contribution in [2.24, 2.45) is 0 Å². The van der Waals surface area contributed by atoms with Crippen LogP contribution < -0.4 is 9.64 Å². The van der Waals surface area contributed by atoms with Crippen molar-refractivity contribution in [1.29, 1.82) is 0 Å². The predicted molar refractivity (Wildman–Crippen MR) is 79.4 cm³/mol. The van der Waals surface area contributed by atoms with E-state index in [-0.39, 0.29) is 11.1 Å². The van der Waals surface area contributed by atoms with Gasteiger partial charge in [-0.15, -0.1) is 0 Å². The number of ether oxygens (including phenoxy) is 1. The van der Waals surface area contributed by atoms with Gasteiger partial charge in [0, 0.05) is 31.8 Å². The minimum absolute atomic E-state index is 0.109. The van der Waals surface area contributed by atoms with Gasteiger partial charge in [-0.1, -0.05) is 15.9 Å². The van der Waals surface area contributed by atoms with E-state index >= 15 is 0 Å². The smallest absolute Gasteiger partial charge is 0.308 e. The summed E-state index contributed by atoms with van der Waals surface area (Å²) in [6.07, 6.45) is 0. The molecule has 19 heavy (non-hydrogen) atoms. The normalized spacial score (nSPS) is 10.1. The molecule has 0 fully saturated rings. The van der Waals surface area contributed by atoms with Crippen molar-refractivity contribution in [1.82, 2.24) is 0 Å². The molecule has 0 radical (unpaired) electrons. The first-order valence-electron chi connectivity index (χ1n) is 6.20. The van der Waals surface area contributed by atoms with Crippen molar-refractivity contribution in [3.05, 3.63) is 23.8 Å². The summed E-state index contributed by atoms with van der Waals surface area (Å²) in [4.78, 5) is 25.0. The third-order valence-electron chi connectivity index (χ3n) is 2.77. The Balaban J connectivity index is 3.21. The van der Waals surface area contributed by atoms with Crippen molar-refractivity contribution >= 4 is 33.4 Å². The van der Waals surface area contributed by atoms with Crippen LogP contribution in [-0.2, 0) is 4.79 Å². The summed E-state index contributed by atoms with van der Waals surface area (Å²) in [7, 11) is 0. The highest BCUT2D eigenvalue weighted by atomic mass is 79.9. The molecule has 0 amide bonds. The first kappa shape index (κ1) is 15.7. The monoisotopic (exact) mass is 327 g/mol. The lowest BCUT2D eigenvalue weighted by Crippen LogP contribution is -2.22. The quantitative estimate of drug-likeness (QED) is 0.349. The number of carbonyl (C=O) groups is 2. The Morgan fingerprint density at radius 1 is 1.26 bits per heavy atom. The number of ketones is 1. The zero-order chi connectivity index (χ0) is 14.4. The summed E-state index contributed by atoms with van der Waals surface area (Å²) in [6.45, 7) is 7.12. The topological polar surface area (TPSA) is 46.6 Å². The number of alkyl halides is 1. The number of esters is 1. The van der Waals surface area contributed by atoms with E-state index in [1.807, 2.05) is 19.9 Å². The van der Waals surface area contributed by atoms with Crippen LogP contribution in [0.2, 0.25) is 0 Å². The van der Waals surface area contributed by atoms with Gasteiger partial charge in [0.05, 0.1) is 10.9 Å². The van der Waals surface area contributed by atoms with E-state index in [9.17, 15) is 9.59 Å². The maximum atomic E-state index is 11.8. The van der Waals surface area contributed by atoms with Crippen molar-refractivity contribution in [3.63, 3.8) is 0 Å². The minimum atomic E-state index is -0.430. The van der Waals surface area contributed by atoms with Crippen LogP contribution in [0.3, 0.4) is 0 Å². The molecule has 0 saturated heterocycles. The molecule has 4 nitrogen and oxygen atoms in total. The summed E-state index contributed by atoms with van der Waals surface area (Å²) in [6, 6.07) is 5.32. The van der Waals surface area contributed by atoms with Gasteiger partial charge in [0.25, 0.3) is 0 Å². The van der Waals surface area contributed by atoms with Gasteiger partial charge in [0.1, 0.15) is 5.75 Å². The Morgan fingerprint density at radius 2 is 1.89 bits per heavy atom. The Kier molecular flexibility index (Phi) is 6.02. The van der Waals surface area contributed by atoms with Gasteiger partial charge in [0.2, 0.25) is 0 Å². The third kappa shape index (κ3) is 4.06. The maximum absolute atomic E-state index is 11.8. The predicted octanol–water partition coefficient (Wildman–Crippen LogP) is 3.04. The van der Waals surface area contributed by atoms with E-state index in [2.05, 4.69) is 20.8 Å². The number of rotatable bonds is 6. The molecular weight excluding hydrogens is 310 g/mol. The summed E-state index contributed by atoms with van der Waals surface area (Å²) in [5.74, 6) is -0.219. The molecule has 0 atom stereocenters. The number of nitrogens with zero attached hydrogens (tertiary/aromatic N) is 1. The maximum Gasteiger partial charge on any atom is 0.308 e. The van der Waals surface area contributed by atoms with E-state index < -0.39 is 5.97 Å². The van der Waals surface area contributed by atoms with E-state index in [0.29, 0.717) is 11.3 Å². The second kappa shape index (κ2) is 7.28. The average molecular weight is 328 g/mol. The summed E-state index contributed by atoms with van der Waals surface area (Å²) in [5.41, 5.74) is 1.36. The molecule has 0 unspecified atom stereocenters. The first-order chi connectivity index (χ1) is 9.03. The molecule has 0 N–H and O–H groups in total. The van der Waals surface area contributed by atoms with Crippen molar-refractivity contribution in [2.45, 2.75) is 20.8 Å². The van der Waals surface area contributed by atoms with Gasteiger partial charge in [0.15, 0.2) is 5.78 Å². The van der Waals surface area contributed by atoms with E-state index in [1.54, 1.807) is 12.1 Å². The summed E-state index contributed by atoms with van der Waals surface area (Å²) in [5, 5.41) is 0.200. The van der Waals surface area contributed by atoms with E-state index in [1.165, 1.54) is 6.92 Å². The number of Topliss-reactive ketones (excluding diaryl/α,β-unsaturated/α-hetero) is 1. The highest BCUT2D eigenvalue weighted by Crippen LogP contribution is 2.27. The molecule has 0 aromatic heterocycles. The Morgan fingerprint density at radius 3 is 2.37 bits per heavy atom. The van der Waals surface area contributed by atoms with Crippen LogP contribution in [0.5, 0.6) is 5.75 Å². The minimum Gasteiger partial charge on any atom is -0.426 e. The molecule has 0 spiro atoms. The SMILES string of the molecule is CCN(CC)c1ccc(C(=O)CBr)c(OC(C)=O)c1. The second-order valence-corrected chi connectivity index (χ2v) is 4.56. The van der Waals surface area contributed by atoms with Crippen LogP contribution in [0, 0.1) is 0 Å². The zero-order valence-electron chi connectivity index (χ0n) is 11.4. The Hall–Kier alpha value is -1.36. The molecule has 0 bridgehead atoms. The van der Waals surface area contributed by atoms with Gasteiger partial charge in [-0.3, -0.25) is 9.59 Å². The number of hydrogen-bond acceptors (Lipinski definition) is 4. The highest BCUT2D eigenvalue weighted by molar-refractivity contribution is 9.09. The fourth-order valence-corrected chi connectivity index (χ4v) is 2.14. The fourth-order valence-electron chi connectivity index (χ4n) is 1.84. The lowest BCUT2D eigenvalue weighted by molar-refractivity contribution is -0.131. The van der Waals surface area contributed by atoms with Gasteiger partial charge < -0.3 is 9.64 Å². The Labute approximate surface area is 121 Å². The molecule has 0 aliphatic carbocycles. The largest absolute Gasteiger partial charge is 0.426 e. The summed E-state index contributed by atoms with van der Waals surface area (Å²) < 4.78 is 5.14. The molecule has 1 rings (SSSR count). The van der Waals surface area contributed by atoms with Crippen LogP contribution in [-0.4, -0.2) is 30.2 Å². The molecule has 1 aromatic rings. The van der Waals surface area contributed by atoms with Crippen LogP contribution in [0.1, 0.15) is 31.1 Å². The second-order valence-electron chi connectivity index (χ2n) is 4.00. The zero-order valence-corrected chi connectivity index (χ0v) is 13.0. The standard InChI is InChI=1S/C14H18BrNO3/c1-4-16(5-2)11-6-7-12(13(18)9-15)14(8-11)19-10(3)17/h6-8H,4-5,9H2,1-3H3. The lowest BCUT2D eigenvalue weighted by Gasteiger charge is -2.22. The summed E-state index contributed by atoms with van der Waals surface area (Å²) >= 11 is 3.13. The number of halogens is 1. The number of hydrogen-bond donors (Lipinski definition) is 0. The molecular formula is C14H18BrNO3. The third-order valence-corrected chi connectivity index (χ3v) is 3.28. The van der Waals surface area contributed by atoms with Gasteiger partial charge in [-0.25, -0.2) is 0 Å². The molecule has 0 saturated carbocycles.